The van der Waals surface area contributed by atoms with Crippen LogP contribution in [0.25, 0.3) is 0 Å². The molecule has 2 aliphatic rings. The lowest BCUT2D eigenvalue weighted by molar-refractivity contribution is -0.143. The molecule has 1 aromatic rings. The topological polar surface area (TPSA) is 59.1 Å². The Balaban J connectivity index is 1.68. The first-order valence-corrected chi connectivity index (χ1v) is 12.7. The summed E-state index contributed by atoms with van der Waals surface area (Å²) in [6, 6.07) is 8.22. The van der Waals surface area contributed by atoms with Crippen molar-refractivity contribution in [2.45, 2.75) is 50.7 Å². The standard InChI is InChI=1S/C24H36N2O4S/c1-25(23(27)11-15-31-3)21(17-18-6-4-7-20(16-18)29-2)19-9-12-26(13-10-19)24(28)22-8-5-14-30-22/h4,6-7,16,19,21-22H,5,8-15,17H2,1-3H3. The van der Waals surface area contributed by atoms with Crippen LogP contribution in [0.2, 0.25) is 0 Å². The number of hydrogen-bond donors (Lipinski definition) is 0. The minimum Gasteiger partial charge on any atom is -0.497 e. The van der Waals surface area contributed by atoms with Gasteiger partial charge >= 0.3 is 0 Å². The van der Waals surface area contributed by atoms with Gasteiger partial charge in [-0.15, -0.1) is 0 Å². The van der Waals surface area contributed by atoms with Gasteiger partial charge in [-0.3, -0.25) is 9.59 Å². The van der Waals surface area contributed by atoms with Crippen LogP contribution in [0.1, 0.15) is 37.7 Å². The normalized spacial score (nSPS) is 20.5. The third-order valence-electron chi connectivity index (χ3n) is 6.59. The first kappa shape index (κ1) is 23.9. The quantitative estimate of drug-likeness (QED) is 0.581. The number of benzene rings is 1. The fourth-order valence-corrected chi connectivity index (χ4v) is 5.07. The molecule has 2 heterocycles. The van der Waals surface area contributed by atoms with Crippen LogP contribution in [0.4, 0.5) is 0 Å². The van der Waals surface area contributed by atoms with E-state index >= 15 is 0 Å². The lowest BCUT2D eigenvalue weighted by Crippen LogP contribution is -2.50. The third-order valence-corrected chi connectivity index (χ3v) is 7.20. The van der Waals surface area contributed by atoms with E-state index in [0.717, 1.165) is 56.7 Å². The smallest absolute Gasteiger partial charge is 0.251 e. The SMILES string of the molecule is COc1cccc(CC(C2CCN(C(=O)C3CCCO3)CC2)N(C)C(=O)CCSC)c1. The fourth-order valence-electron chi connectivity index (χ4n) is 4.69. The number of carbonyl (C=O) groups is 2. The Kier molecular flexibility index (Phi) is 9.08. The molecule has 0 saturated carbocycles. The molecule has 7 heteroatoms. The van der Waals surface area contributed by atoms with Crippen molar-refractivity contribution in [1.82, 2.24) is 9.80 Å². The first-order valence-electron chi connectivity index (χ1n) is 11.3. The molecule has 0 aromatic heterocycles. The maximum absolute atomic E-state index is 12.9. The molecule has 0 N–H and O–H groups in total. The highest BCUT2D eigenvalue weighted by atomic mass is 32.2. The monoisotopic (exact) mass is 448 g/mol. The van der Waals surface area contributed by atoms with Gasteiger partial charge in [0.25, 0.3) is 5.91 Å². The van der Waals surface area contributed by atoms with Crippen molar-refractivity contribution in [3.63, 3.8) is 0 Å². The Bertz CT molecular complexity index is 730. The number of amides is 2. The van der Waals surface area contributed by atoms with Crippen LogP contribution in [0.15, 0.2) is 24.3 Å². The van der Waals surface area contributed by atoms with Gasteiger partial charge in [0.2, 0.25) is 5.91 Å². The number of carbonyl (C=O) groups excluding carboxylic acids is 2. The molecule has 6 nitrogen and oxygen atoms in total. The largest absolute Gasteiger partial charge is 0.497 e. The zero-order valence-electron chi connectivity index (χ0n) is 19.0. The lowest BCUT2D eigenvalue weighted by atomic mass is 9.84. The van der Waals surface area contributed by atoms with Crippen molar-refractivity contribution in [3.8, 4) is 5.75 Å². The van der Waals surface area contributed by atoms with Gasteiger partial charge in [0, 0.05) is 45.0 Å². The van der Waals surface area contributed by atoms with Crippen molar-refractivity contribution in [1.29, 1.82) is 0 Å². The highest BCUT2D eigenvalue weighted by molar-refractivity contribution is 7.98. The Morgan fingerprint density at radius 3 is 2.71 bits per heavy atom. The van der Waals surface area contributed by atoms with Gasteiger partial charge in [-0.05, 0) is 62.0 Å². The number of likely N-dealkylation sites (tertiary alicyclic amines) is 1. The van der Waals surface area contributed by atoms with Gasteiger partial charge in [0.15, 0.2) is 0 Å². The molecule has 2 aliphatic heterocycles. The molecule has 2 saturated heterocycles. The third kappa shape index (κ3) is 6.39. The molecule has 0 spiro atoms. The van der Waals surface area contributed by atoms with Gasteiger partial charge in [0.05, 0.1) is 7.11 Å². The fraction of sp³-hybridized carbons (Fsp3) is 0.667. The van der Waals surface area contributed by atoms with Gasteiger partial charge < -0.3 is 19.3 Å². The molecular weight excluding hydrogens is 412 g/mol. The number of nitrogens with zero attached hydrogens (tertiary/aromatic N) is 2. The van der Waals surface area contributed by atoms with E-state index in [-0.39, 0.29) is 24.0 Å². The second-order valence-corrected chi connectivity index (χ2v) is 9.52. The van der Waals surface area contributed by atoms with Crippen LogP contribution in [0.3, 0.4) is 0 Å². The molecular formula is C24H36N2O4S. The minimum absolute atomic E-state index is 0.112. The molecule has 0 bridgehead atoms. The average molecular weight is 449 g/mol. The van der Waals surface area contributed by atoms with E-state index < -0.39 is 0 Å². The van der Waals surface area contributed by atoms with E-state index in [4.69, 9.17) is 9.47 Å². The highest BCUT2D eigenvalue weighted by Gasteiger charge is 2.35. The first-order chi connectivity index (χ1) is 15.0. The number of methoxy groups -OCH3 is 1. The summed E-state index contributed by atoms with van der Waals surface area (Å²) in [7, 11) is 3.62. The van der Waals surface area contributed by atoms with E-state index in [1.807, 2.05) is 35.2 Å². The number of piperidine rings is 1. The Labute approximate surface area is 190 Å². The molecule has 3 rings (SSSR count). The number of thioether (sulfide) groups is 1. The second kappa shape index (κ2) is 11.8. The highest BCUT2D eigenvalue weighted by Crippen LogP contribution is 2.29. The van der Waals surface area contributed by atoms with E-state index in [0.29, 0.717) is 18.9 Å². The molecule has 0 aliphatic carbocycles. The summed E-state index contributed by atoms with van der Waals surface area (Å²) < 4.78 is 11.0. The van der Waals surface area contributed by atoms with Crippen molar-refractivity contribution in [2.75, 3.05) is 45.9 Å². The zero-order chi connectivity index (χ0) is 22.2. The molecule has 172 valence electrons. The van der Waals surface area contributed by atoms with Gasteiger partial charge in [-0.2, -0.15) is 11.8 Å². The van der Waals surface area contributed by atoms with Crippen LogP contribution in [-0.2, 0) is 20.7 Å². The maximum Gasteiger partial charge on any atom is 0.251 e. The summed E-state index contributed by atoms with van der Waals surface area (Å²) >= 11 is 1.70. The number of rotatable bonds is 9. The Hall–Kier alpha value is -1.73. The molecule has 2 unspecified atom stereocenters. The predicted octanol–water partition coefficient (Wildman–Crippen LogP) is 3.24. The summed E-state index contributed by atoms with van der Waals surface area (Å²) in [6.45, 7) is 2.17. The van der Waals surface area contributed by atoms with Crippen molar-refractivity contribution in [3.05, 3.63) is 29.8 Å². The summed E-state index contributed by atoms with van der Waals surface area (Å²) in [6.07, 6.45) is 6.76. The summed E-state index contributed by atoms with van der Waals surface area (Å²) in [5.41, 5.74) is 1.17. The van der Waals surface area contributed by atoms with E-state index in [2.05, 4.69) is 12.1 Å². The minimum atomic E-state index is -0.250. The molecule has 2 amide bonds. The van der Waals surface area contributed by atoms with Crippen molar-refractivity contribution >= 4 is 23.6 Å². The van der Waals surface area contributed by atoms with Crippen LogP contribution < -0.4 is 4.74 Å². The molecule has 31 heavy (non-hydrogen) atoms. The van der Waals surface area contributed by atoms with Crippen LogP contribution >= 0.6 is 11.8 Å². The van der Waals surface area contributed by atoms with E-state index in [1.165, 1.54) is 5.56 Å². The Morgan fingerprint density at radius 2 is 2.06 bits per heavy atom. The summed E-state index contributed by atoms with van der Waals surface area (Å²) in [4.78, 5) is 29.5. The summed E-state index contributed by atoms with van der Waals surface area (Å²) in [5.74, 6) is 2.38. The van der Waals surface area contributed by atoms with Gasteiger partial charge in [0.1, 0.15) is 11.9 Å². The van der Waals surface area contributed by atoms with Gasteiger partial charge in [-0.1, -0.05) is 12.1 Å². The number of likely N-dealkylation sites (N-methyl/N-ethyl adjacent to an activating group) is 1. The van der Waals surface area contributed by atoms with Crippen LogP contribution in [0, 0.1) is 5.92 Å². The molecule has 2 atom stereocenters. The van der Waals surface area contributed by atoms with E-state index in [9.17, 15) is 9.59 Å². The Morgan fingerprint density at radius 1 is 1.29 bits per heavy atom. The maximum atomic E-state index is 12.9. The lowest BCUT2D eigenvalue weighted by Gasteiger charge is -2.40. The van der Waals surface area contributed by atoms with Crippen LogP contribution in [0.5, 0.6) is 5.75 Å². The zero-order valence-corrected chi connectivity index (χ0v) is 19.9. The number of hydrogen-bond acceptors (Lipinski definition) is 5. The number of ether oxygens (including phenoxy) is 2. The molecule has 2 fully saturated rings. The predicted molar refractivity (Wildman–Crippen MR) is 125 cm³/mol. The summed E-state index contributed by atoms with van der Waals surface area (Å²) in [5, 5.41) is 0. The van der Waals surface area contributed by atoms with Crippen LogP contribution in [-0.4, -0.2) is 79.6 Å². The van der Waals surface area contributed by atoms with Crippen molar-refractivity contribution < 1.29 is 19.1 Å². The average Bonchev–Trinajstić information content (AvgIpc) is 3.35. The van der Waals surface area contributed by atoms with Gasteiger partial charge in [-0.25, -0.2) is 0 Å². The molecule has 1 aromatic carbocycles. The van der Waals surface area contributed by atoms with E-state index in [1.54, 1.807) is 18.9 Å². The van der Waals surface area contributed by atoms with Crippen molar-refractivity contribution in [2.24, 2.45) is 5.92 Å². The molecule has 0 radical (unpaired) electrons. The second-order valence-electron chi connectivity index (χ2n) is 8.53.